The summed E-state index contributed by atoms with van der Waals surface area (Å²) < 4.78 is 5.06. The molecular weight excluding hydrogens is 326 g/mol. The van der Waals surface area contributed by atoms with Crippen molar-refractivity contribution >= 4 is 23.3 Å². The standard InChI is InChI=1S/C17H27N3O3S/c1-4-23-16(21)13-7-9-20(10-8-13)17(22)18-12-14(19(2)3)15-6-5-11-24-15/h5-6,11,13-14H,4,7-10,12H2,1-3H3,(H,18,22). The van der Waals surface area contributed by atoms with Gasteiger partial charge in [-0.1, -0.05) is 6.07 Å². The van der Waals surface area contributed by atoms with Crippen molar-refractivity contribution in [2.75, 3.05) is 40.3 Å². The first-order valence-electron chi connectivity index (χ1n) is 8.42. The molecular formula is C17H27N3O3S. The third-order valence-electron chi connectivity index (χ3n) is 4.34. The second-order valence-electron chi connectivity index (χ2n) is 6.19. The summed E-state index contributed by atoms with van der Waals surface area (Å²) in [5.41, 5.74) is 0. The van der Waals surface area contributed by atoms with E-state index in [1.54, 1.807) is 16.2 Å². The second kappa shape index (κ2) is 9.03. The van der Waals surface area contributed by atoms with Crippen molar-refractivity contribution < 1.29 is 14.3 Å². The Hall–Kier alpha value is -1.60. The van der Waals surface area contributed by atoms with Crippen LogP contribution in [0.5, 0.6) is 0 Å². The smallest absolute Gasteiger partial charge is 0.317 e. The number of rotatable bonds is 6. The number of nitrogens with zero attached hydrogens (tertiary/aromatic N) is 2. The van der Waals surface area contributed by atoms with Gasteiger partial charge in [-0.3, -0.25) is 4.79 Å². The zero-order valence-electron chi connectivity index (χ0n) is 14.7. The van der Waals surface area contributed by atoms with E-state index in [1.807, 2.05) is 32.5 Å². The van der Waals surface area contributed by atoms with Gasteiger partial charge in [0.2, 0.25) is 0 Å². The Labute approximate surface area is 147 Å². The van der Waals surface area contributed by atoms with Gasteiger partial charge in [-0.25, -0.2) is 4.79 Å². The molecule has 0 aromatic carbocycles. The molecule has 0 saturated carbocycles. The molecule has 2 heterocycles. The van der Waals surface area contributed by atoms with Gasteiger partial charge in [0.25, 0.3) is 0 Å². The molecule has 134 valence electrons. The minimum absolute atomic E-state index is 0.0549. The summed E-state index contributed by atoms with van der Waals surface area (Å²) in [7, 11) is 4.03. The highest BCUT2D eigenvalue weighted by atomic mass is 32.1. The Morgan fingerprint density at radius 1 is 1.42 bits per heavy atom. The third kappa shape index (κ3) is 4.95. The fraction of sp³-hybridized carbons (Fsp3) is 0.647. The number of carbonyl (C=O) groups excluding carboxylic acids is 2. The molecule has 1 saturated heterocycles. The number of carbonyl (C=O) groups is 2. The van der Waals surface area contributed by atoms with Crippen LogP contribution in [0.4, 0.5) is 4.79 Å². The lowest BCUT2D eigenvalue weighted by molar-refractivity contribution is -0.149. The highest BCUT2D eigenvalue weighted by Crippen LogP contribution is 2.23. The molecule has 1 aliphatic heterocycles. The summed E-state index contributed by atoms with van der Waals surface area (Å²) in [6.07, 6.45) is 1.35. The first kappa shape index (κ1) is 18.7. The number of ether oxygens (including phenoxy) is 1. The van der Waals surface area contributed by atoms with E-state index in [1.165, 1.54) is 4.88 Å². The average molecular weight is 353 g/mol. The first-order valence-corrected chi connectivity index (χ1v) is 9.30. The van der Waals surface area contributed by atoms with Crippen LogP contribution >= 0.6 is 11.3 Å². The van der Waals surface area contributed by atoms with Crippen LogP contribution in [0.25, 0.3) is 0 Å². The number of hydrogen-bond acceptors (Lipinski definition) is 5. The summed E-state index contributed by atoms with van der Waals surface area (Å²) in [5, 5.41) is 5.08. The minimum Gasteiger partial charge on any atom is -0.466 e. The molecule has 1 atom stereocenters. The zero-order chi connectivity index (χ0) is 17.5. The van der Waals surface area contributed by atoms with Gasteiger partial charge in [0.05, 0.1) is 18.6 Å². The monoisotopic (exact) mass is 353 g/mol. The molecule has 2 rings (SSSR count). The van der Waals surface area contributed by atoms with Crippen LogP contribution in [-0.2, 0) is 9.53 Å². The van der Waals surface area contributed by atoms with E-state index in [0.29, 0.717) is 39.1 Å². The number of esters is 1. The quantitative estimate of drug-likeness (QED) is 0.798. The predicted octanol–water partition coefficient (Wildman–Crippen LogP) is 2.34. The molecule has 1 N–H and O–H groups in total. The van der Waals surface area contributed by atoms with Crippen molar-refractivity contribution in [1.29, 1.82) is 0 Å². The molecule has 0 aliphatic carbocycles. The van der Waals surface area contributed by atoms with E-state index in [0.717, 1.165) is 0 Å². The van der Waals surface area contributed by atoms with Crippen molar-refractivity contribution in [1.82, 2.24) is 15.1 Å². The van der Waals surface area contributed by atoms with Gasteiger partial charge in [-0.2, -0.15) is 0 Å². The largest absolute Gasteiger partial charge is 0.466 e. The summed E-state index contributed by atoms with van der Waals surface area (Å²) in [4.78, 5) is 29.3. The highest BCUT2D eigenvalue weighted by Gasteiger charge is 2.28. The van der Waals surface area contributed by atoms with Gasteiger partial charge in [0, 0.05) is 24.5 Å². The summed E-state index contributed by atoms with van der Waals surface area (Å²) in [5.74, 6) is -0.211. The Balaban J connectivity index is 1.80. The molecule has 2 amide bonds. The van der Waals surface area contributed by atoms with Crippen molar-refractivity contribution in [3.63, 3.8) is 0 Å². The number of thiophene rings is 1. The molecule has 0 spiro atoms. The van der Waals surface area contributed by atoms with Crippen LogP contribution in [0.15, 0.2) is 17.5 Å². The maximum atomic E-state index is 12.4. The molecule has 1 aliphatic rings. The van der Waals surface area contributed by atoms with Gasteiger partial charge in [0.1, 0.15) is 0 Å². The summed E-state index contributed by atoms with van der Waals surface area (Å²) in [6.45, 7) is 4.00. The number of urea groups is 1. The molecule has 0 bridgehead atoms. The van der Waals surface area contributed by atoms with E-state index in [4.69, 9.17) is 4.74 Å². The van der Waals surface area contributed by atoms with Crippen LogP contribution in [0, 0.1) is 5.92 Å². The number of nitrogens with one attached hydrogen (secondary N) is 1. The normalized spacial score (nSPS) is 16.9. The molecule has 6 nitrogen and oxygen atoms in total. The third-order valence-corrected chi connectivity index (χ3v) is 5.32. The summed E-state index contributed by atoms with van der Waals surface area (Å²) >= 11 is 1.70. The molecule has 1 unspecified atom stereocenters. The van der Waals surface area contributed by atoms with Crippen LogP contribution in [0.3, 0.4) is 0 Å². The predicted molar refractivity (Wildman–Crippen MR) is 95.1 cm³/mol. The van der Waals surface area contributed by atoms with Crippen LogP contribution in [-0.4, -0.2) is 62.1 Å². The number of amides is 2. The topological polar surface area (TPSA) is 61.9 Å². The number of hydrogen-bond donors (Lipinski definition) is 1. The molecule has 1 aromatic heterocycles. The first-order chi connectivity index (χ1) is 11.5. The molecule has 24 heavy (non-hydrogen) atoms. The second-order valence-corrected chi connectivity index (χ2v) is 7.17. The van der Waals surface area contributed by atoms with Crippen molar-refractivity contribution in [2.24, 2.45) is 5.92 Å². The van der Waals surface area contributed by atoms with Gasteiger partial charge in [0.15, 0.2) is 0 Å². The Kier molecular flexibility index (Phi) is 7.05. The maximum Gasteiger partial charge on any atom is 0.317 e. The van der Waals surface area contributed by atoms with Crippen LogP contribution < -0.4 is 5.32 Å². The fourth-order valence-corrected chi connectivity index (χ4v) is 3.82. The molecule has 1 fully saturated rings. The Bertz CT molecular complexity index is 525. The van der Waals surface area contributed by atoms with Gasteiger partial charge < -0.3 is 19.9 Å². The van der Waals surface area contributed by atoms with E-state index in [9.17, 15) is 9.59 Å². The summed E-state index contributed by atoms with van der Waals surface area (Å²) in [6, 6.07) is 4.23. The average Bonchev–Trinajstić information content (AvgIpc) is 3.09. The lowest BCUT2D eigenvalue weighted by atomic mass is 9.97. The molecule has 0 radical (unpaired) electrons. The van der Waals surface area contributed by atoms with Crippen LogP contribution in [0.2, 0.25) is 0 Å². The van der Waals surface area contributed by atoms with Crippen LogP contribution in [0.1, 0.15) is 30.7 Å². The van der Waals surface area contributed by atoms with E-state index in [-0.39, 0.29) is 24.0 Å². The zero-order valence-corrected chi connectivity index (χ0v) is 15.5. The van der Waals surface area contributed by atoms with Gasteiger partial charge in [-0.05, 0) is 45.3 Å². The highest BCUT2D eigenvalue weighted by molar-refractivity contribution is 7.10. The molecule has 1 aromatic rings. The van der Waals surface area contributed by atoms with Crippen molar-refractivity contribution in [3.05, 3.63) is 22.4 Å². The van der Waals surface area contributed by atoms with Gasteiger partial charge in [-0.15, -0.1) is 11.3 Å². The fourth-order valence-electron chi connectivity index (χ4n) is 2.89. The number of piperidine rings is 1. The van der Waals surface area contributed by atoms with E-state index >= 15 is 0 Å². The number of likely N-dealkylation sites (tertiary alicyclic amines) is 1. The van der Waals surface area contributed by atoms with E-state index < -0.39 is 0 Å². The van der Waals surface area contributed by atoms with E-state index in [2.05, 4.69) is 16.3 Å². The Morgan fingerprint density at radius 3 is 2.67 bits per heavy atom. The van der Waals surface area contributed by atoms with Gasteiger partial charge >= 0.3 is 12.0 Å². The van der Waals surface area contributed by atoms with Crippen molar-refractivity contribution in [2.45, 2.75) is 25.8 Å². The lowest BCUT2D eigenvalue weighted by Crippen LogP contribution is -2.47. The lowest BCUT2D eigenvalue weighted by Gasteiger charge is -2.32. The number of likely N-dealkylation sites (N-methyl/N-ethyl adjacent to an activating group) is 1. The Morgan fingerprint density at radius 2 is 2.12 bits per heavy atom. The SMILES string of the molecule is CCOC(=O)C1CCN(C(=O)NCC(c2cccs2)N(C)C)CC1. The minimum atomic E-state index is -0.136. The van der Waals surface area contributed by atoms with Crippen molar-refractivity contribution in [3.8, 4) is 0 Å². The maximum absolute atomic E-state index is 12.4. The molecule has 7 heteroatoms.